The Bertz CT molecular complexity index is 1260. The van der Waals surface area contributed by atoms with Gasteiger partial charge in [-0.05, 0) is 12.1 Å². The maximum Gasteiger partial charge on any atom is 0.428 e. The first-order valence-electron chi connectivity index (χ1n) is 10.0. The zero-order valence-electron chi connectivity index (χ0n) is 18.3. The summed E-state index contributed by atoms with van der Waals surface area (Å²) >= 11 is 0. The predicted octanol–water partition coefficient (Wildman–Crippen LogP) is 4.21. The van der Waals surface area contributed by atoms with Crippen LogP contribution < -0.4 is 10.6 Å². The maximum absolute atomic E-state index is 14.0. The van der Waals surface area contributed by atoms with E-state index in [-0.39, 0.29) is 23.7 Å². The summed E-state index contributed by atoms with van der Waals surface area (Å²) in [7, 11) is 0. The first kappa shape index (κ1) is 27.5. The zero-order chi connectivity index (χ0) is 27.4. The fraction of sp³-hybridized carbons (Fsp3) is 0.238. The summed E-state index contributed by atoms with van der Waals surface area (Å²) < 4.78 is 110. The van der Waals surface area contributed by atoms with E-state index in [0.717, 1.165) is 6.08 Å². The molecule has 0 amide bonds. The molecule has 0 aliphatic rings. The van der Waals surface area contributed by atoms with Crippen LogP contribution in [0.25, 0.3) is 5.70 Å². The van der Waals surface area contributed by atoms with Crippen LogP contribution in [0.3, 0.4) is 0 Å². The van der Waals surface area contributed by atoms with Crippen LogP contribution in [-0.4, -0.2) is 50.3 Å². The van der Waals surface area contributed by atoms with Gasteiger partial charge in [0.05, 0.1) is 18.9 Å². The SMILES string of the molecule is N=C(/C=C(\NCc1ccccc1F)c1ncco1)c1ncc(F)c(NCC(O)(C(F)(F)F)C(F)(F)F)n1. The Labute approximate surface area is 202 Å². The number of anilines is 1. The molecule has 0 aliphatic carbocycles. The standard InChI is InChI=1S/C21H16F8N6O2/c22-12-4-2-1-3-11(12)8-32-15(18-31-5-6-37-18)7-14(30)17-33-9-13(23)16(35-17)34-10-19(36,20(24,25)26)21(27,28)29/h1-7,9,30,32,36H,8,10H2,(H,33,34,35)/b15-7-,30-14?. The highest BCUT2D eigenvalue weighted by molar-refractivity contribution is 6.07. The Morgan fingerprint density at radius 3 is 2.30 bits per heavy atom. The third-order valence-corrected chi connectivity index (χ3v) is 4.81. The Morgan fingerprint density at radius 2 is 1.70 bits per heavy atom. The first-order valence-corrected chi connectivity index (χ1v) is 10.0. The molecule has 0 fully saturated rings. The van der Waals surface area contributed by atoms with E-state index in [1.165, 1.54) is 36.0 Å². The van der Waals surface area contributed by atoms with Gasteiger partial charge < -0.3 is 20.2 Å². The average Bonchev–Trinajstić information content (AvgIpc) is 3.35. The van der Waals surface area contributed by atoms with Crippen molar-refractivity contribution in [2.75, 3.05) is 11.9 Å². The van der Waals surface area contributed by atoms with Crippen molar-refractivity contribution >= 4 is 17.2 Å². The van der Waals surface area contributed by atoms with E-state index in [1.54, 1.807) is 6.07 Å². The summed E-state index contributed by atoms with van der Waals surface area (Å²) in [6, 6.07) is 5.75. The molecule has 8 nitrogen and oxygen atoms in total. The minimum atomic E-state index is -6.14. The highest BCUT2D eigenvalue weighted by atomic mass is 19.4. The van der Waals surface area contributed by atoms with Crippen LogP contribution >= 0.6 is 0 Å². The van der Waals surface area contributed by atoms with Crippen molar-refractivity contribution in [2.24, 2.45) is 0 Å². The number of aliphatic hydroxyl groups is 1. The van der Waals surface area contributed by atoms with Crippen LogP contribution in [0.1, 0.15) is 17.3 Å². The minimum Gasteiger partial charge on any atom is -0.443 e. The molecule has 16 heteroatoms. The van der Waals surface area contributed by atoms with Crippen molar-refractivity contribution in [2.45, 2.75) is 24.5 Å². The van der Waals surface area contributed by atoms with Crippen LogP contribution in [0, 0.1) is 17.0 Å². The van der Waals surface area contributed by atoms with Gasteiger partial charge in [-0.2, -0.15) is 26.3 Å². The molecule has 3 rings (SSSR count). The molecular weight excluding hydrogens is 520 g/mol. The molecule has 198 valence electrons. The van der Waals surface area contributed by atoms with Crippen molar-refractivity contribution in [3.05, 3.63) is 77.9 Å². The highest BCUT2D eigenvalue weighted by Gasteiger charge is 2.70. The van der Waals surface area contributed by atoms with Gasteiger partial charge in [0.2, 0.25) is 5.89 Å². The van der Waals surface area contributed by atoms with Crippen molar-refractivity contribution in [3.8, 4) is 0 Å². The van der Waals surface area contributed by atoms with E-state index in [9.17, 15) is 40.2 Å². The zero-order valence-corrected chi connectivity index (χ0v) is 18.3. The lowest BCUT2D eigenvalue weighted by Crippen LogP contribution is -2.61. The lowest BCUT2D eigenvalue weighted by Gasteiger charge is -2.32. The summed E-state index contributed by atoms with van der Waals surface area (Å²) in [6.45, 7) is -2.32. The number of nitrogens with one attached hydrogen (secondary N) is 3. The molecule has 0 saturated heterocycles. The lowest BCUT2D eigenvalue weighted by molar-refractivity contribution is -0.362. The van der Waals surface area contributed by atoms with Crippen molar-refractivity contribution in [1.29, 1.82) is 5.41 Å². The van der Waals surface area contributed by atoms with Gasteiger partial charge >= 0.3 is 12.4 Å². The molecule has 0 unspecified atom stereocenters. The van der Waals surface area contributed by atoms with Gasteiger partial charge in [0.1, 0.15) is 23.5 Å². The number of nitrogens with zero attached hydrogens (tertiary/aromatic N) is 3. The number of rotatable bonds is 9. The topological polar surface area (TPSA) is 120 Å². The molecule has 0 radical (unpaired) electrons. The first-order chi connectivity index (χ1) is 17.2. The number of halogens is 8. The van der Waals surface area contributed by atoms with E-state index in [4.69, 9.17) is 9.83 Å². The summed E-state index contributed by atoms with van der Waals surface area (Å²) in [5, 5.41) is 21.6. The quantitative estimate of drug-likeness (QED) is 0.239. The number of allylic oxidation sites excluding steroid dienone is 1. The van der Waals surface area contributed by atoms with Gasteiger partial charge in [-0.15, -0.1) is 0 Å². The summed E-state index contributed by atoms with van der Waals surface area (Å²) in [5.41, 5.74) is -5.57. The molecule has 2 heterocycles. The Morgan fingerprint density at radius 1 is 1.03 bits per heavy atom. The third kappa shape index (κ3) is 6.19. The molecule has 2 aromatic heterocycles. The van der Waals surface area contributed by atoms with Crippen molar-refractivity contribution in [1.82, 2.24) is 20.3 Å². The second-order valence-electron chi connectivity index (χ2n) is 7.35. The van der Waals surface area contributed by atoms with E-state index < -0.39 is 53.5 Å². The highest BCUT2D eigenvalue weighted by Crippen LogP contribution is 2.43. The third-order valence-electron chi connectivity index (χ3n) is 4.81. The van der Waals surface area contributed by atoms with Crippen LogP contribution in [0.4, 0.5) is 40.9 Å². The summed E-state index contributed by atoms with van der Waals surface area (Å²) in [6.07, 6.45) is -8.41. The Kier molecular flexibility index (Phi) is 7.80. The molecule has 0 bridgehead atoms. The molecular formula is C21H16F8N6O2. The monoisotopic (exact) mass is 536 g/mol. The predicted molar refractivity (Wildman–Crippen MR) is 112 cm³/mol. The molecule has 1 aromatic carbocycles. The normalized spacial score (nSPS) is 12.9. The van der Waals surface area contributed by atoms with E-state index in [2.05, 4.69) is 20.3 Å². The molecule has 4 N–H and O–H groups in total. The lowest BCUT2D eigenvalue weighted by atomic mass is 10.0. The van der Waals surface area contributed by atoms with E-state index in [1.807, 2.05) is 0 Å². The van der Waals surface area contributed by atoms with Crippen LogP contribution in [0.5, 0.6) is 0 Å². The van der Waals surface area contributed by atoms with Crippen LogP contribution in [0.2, 0.25) is 0 Å². The second-order valence-corrected chi connectivity index (χ2v) is 7.35. The fourth-order valence-corrected chi connectivity index (χ4v) is 2.78. The van der Waals surface area contributed by atoms with Gasteiger partial charge in [0.25, 0.3) is 5.60 Å². The fourth-order valence-electron chi connectivity index (χ4n) is 2.78. The molecule has 0 spiro atoms. The average molecular weight is 536 g/mol. The van der Waals surface area contributed by atoms with Crippen LogP contribution in [-0.2, 0) is 6.54 Å². The van der Waals surface area contributed by atoms with Crippen LogP contribution in [0.15, 0.2) is 53.4 Å². The number of aromatic nitrogens is 3. The molecule has 0 saturated carbocycles. The maximum atomic E-state index is 14.0. The Hall–Kier alpha value is -4.08. The number of hydrogen-bond acceptors (Lipinski definition) is 8. The number of oxazole rings is 1. The minimum absolute atomic E-state index is 0.00389. The van der Waals surface area contributed by atoms with E-state index in [0.29, 0.717) is 6.20 Å². The van der Waals surface area contributed by atoms with Crippen molar-refractivity contribution < 1.29 is 44.6 Å². The molecule has 0 aliphatic heterocycles. The van der Waals surface area contributed by atoms with E-state index >= 15 is 0 Å². The second kappa shape index (κ2) is 10.5. The molecule has 0 atom stereocenters. The van der Waals surface area contributed by atoms with Gasteiger partial charge in [-0.3, -0.25) is 5.41 Å². The van der Waals surface area contributed by atoms with Gasteiger partial charge in [0, 0.05) is 12.1 Å². The molecule has 37 heavy (non-hydrogen) atoms. The van der Waals surface area contributed by atoms with Gasteiger partial charge in [0.15, 0.2) is 17.5 Å². The number of hydrogen-bond donors (Lipinski definition) is 4. The summed E-state index contributed by atoms with van der Waals surface area (Å²) in [5.74, 6) is -3.80. The number of benzene rings is 1. The smallest absolute Gasteiger partial charge is 0.428 e. The van der Waals surface area contributed by atoms with Crippen molar-refractivity contribution in [3.63, 3.8) is 0 Å². The van der Waals surface area contributed by atoms with Gasteiger partial charge in [-0.25, -0.2) is 23.7 Å². The Balaban J connectivity index is 1.86. The van der Waals surface area contributed by atoms with Gasteiger partial charge in [-0.1, -0.05) is 18.2 Å². The summed E-state index contributed by atoms with van der Waals surface area (Å²) in [4.78, 5) is 10.9. The largest absolute Gasteiger partial charge is 0.443 e. The molecule has 3 aromatic rings. The number of alkyl halides is 6.